The Hall–Kier alpha value is -1.42. The second kappa shape index (κ2) is 3.56. The van der Waals surface area contributed by atoms with Crippen molar-refractivity contribution in [3.05, 3.63) is 46.0 Å². The first kappa shape index (κ1) is 9.78. The fourth-order valence-electron chi connectivity index (χ4n) is 2.87. The van der Waals surface area contributed by atoms with Gasteiger partial charge in [-0.25, -0.2) is 0 Å². The summed E-state index contributed by atoms with van der Waals surface area (Å²) in [6.07, 6.45) is 0. The number of hydrogen-bond donors (Lipinski definition) is 0. The SMILES string of the molecule is O=[N+]([O-])[C@H]1[C@@H]2CN(Cc3ccccc3)C[C@@H]21. The van der Waals surface area contributed by atoms with E-state index in [9.17, 15) is 10.1 Å². The molecular weight excluding hydrogens is 204 g/mol. The van der Waals surface area contributed by atoms with Gasteiger partial charge in [-0.1, -0.05) is 30.3 Å². The maximum Gasteiger partial charge on any atom is 0.222 e. The summed E-state index contributed by atoms with van der Waals surface area (Å²) in [7, 11) is 0. The van der Waals surface area contributed by atoms with E-state index in [-0.39, 0.29) is 11.0 Å². The highest BCUT2D eigenvalue weighted by molar-refractivity contribution is 5.16. The van der Waals surface area contributed by atoms with E-state index in [1.165, 1.54) is 5.56 Å². The molecule has 3 rings (SSSR count). The minimum absolute atomic E-state index is 0.102. The number of nitro groups is 1. The zero-order valence-electron chi connectivity index (χ0n) is 8.95. The summed E-state index contributed by atoms with van der Waals surface area (Å²) >= 11 is 0. The van der Waals surface area contributed by atoms with Crippen LogP contribution in [0.3, 0.4) is 0 Å². The van der Waals surface area contributed by atoms with Gasteiger partial charge in [0.05, 0.1) is 11.8 Å². The fraction of sp³-hybridized carbons (Fsp3) is 0.500. The molecule has 2 aliphatic rings. The standard InChI is InChI=1S/C12H14N2O2/c15-14(16)12-10-7-13(8-11(10)12)6-9-4-2-1-3-5-9/h1-5,10-12H,6-8H2/t10-,11+,12+. The van der Waals surface area contributed by atoms with Gasteiger partial charge >= 0.3 is 0 Å². The fourth-order valence-corrected chi connectivity index (χ4v) is 2.87. The lowest BCUT2D eigenvalue weighted by Gasteiger charge is -2.17. The van der Waals surface area contributed by atoms with Crippen LogP contribution in [0.2, 0.25) is 0 Å². The second-order valence-electron chi connectivity index (χ2n) is 4.78. The van der Waals surface area contributed by atoms with Crippen LogP contribution in [0.4, 0.5) is 0 Å². The van der Waals surface area contributed by atoms with Crippen molar-refractivity contribution in [2.24, 2.45) is 11.8 Å². The molecule has 2 fully saturated rings. The largest absolute Gasteiger partial charge is 0.298 e. The van der Waals surface area contributed by atoms with Crippen molar-refractivity contribution in [3.8, 4) is 0 Å². The zero-order valence-corrected chi connectivity index (χ0v) is 8.95. The highest BCUT2D eigenvalue weighted by atomic mass is 16.6. The molecule has 0 aromatic heterocycles. The van der Waals surface area contributed by atoms with Gasteiger partial charge in [0, 0.05) is 24.6 Å². The van der Waals surface area contributed by atoms with E-state index in [2.05, 4.69) is 17.0 Å². The number of piperidine rings is 1. The van der Waals surface area contributed by atoms with Gasteiger partial charge in [-0.3, -0.25) is 15.0 Å². The molecule has 0 amide bonds. The first-order valence-corrected chi connectivity index (χ1v) is 5.65. The highest BCUT2D eigenvalue weighted by Crippen LogP contribution is 2.47. The topological polar surface area (TPSA) is 46.4 Å². The molecule has 3 atom stereocenters. The molecule has 0 radical (unpaired) electrons. The Morgan fingerprint density at radius 1 is 1.25 bits per heavy atom. The molecule has 4 nitrogen and oxygen atoms in total. The molecule has 1 aliphatic heterocycles. The molecule has 0 N–H and O–H groups in total. The average molecular weight is 218 g/mol. The normalized spacial score (nSPS) is 32.4. The lowest BCUT2D eigenvalue weighted by atomic mass is 10.2. The third-order valence-electron chi connectivity index (χ3n) is 3.72. The molecule has 0 unspecified atom stereocenters. The minimum Gasteiger partial charge on any atom is -0.298 e. The first-order chi connectivity index (χ1) is 7.75. The third kappa shape index (κ3) is 1.59. The molecule has 0 bridgehead atoms. The summed E-state index contributed by atoms with van der Waals surface area (Å²) < 4.78 is 0. The number of nitrogens with zero attached hydrogens (tertiary/aromatic N) is 2. The smallest absolute Gasteiger partial charge is 0.222 e. The Morgan fingerprint density at radius 2 is 1.88 bits per heavy atom. The number of likely N-dealkylation sites (tertiary alicyclic amines) is 1. The van der Waals surface area contributed by atoms with Crippen molar-refractivity contribution in [1.82, 2.24) is 4.90 Å². The van der Waals surface area contributed by atoms with Crippen LogP contribution in [-0.4, -0.2) is 29.0 Å². The van der Waals surface area contributed by atoms with E-state index in [1.807, 2.05) is 18.2 Å². The second-order valence-corrected chi connectivity index (χ2v) is 4.78. The van der Waals surface area contributed by atoms with Crippen LogP contribution in [0.25, 0.3) is 0 Å². The zero-order chi connectivity index (χ0) is 11.1. The first-order valence-electron chi connectivity index (χ1n) is 5.65. The maximum absolute atomic E-state index is 10.6. The van der Waals surface area contributed by atoms with Gasteiger partial charge in [0.1, 0.15) is 0 Å². The van der Waals surface area contributed by atoms with Crippen LogP contribution < -0.4 is 0 Å². The molecule has 0 spiro atoms. The molecule has 1 heterocycles. The van der Waals surface area contributed by atoms with Crippen LogP contribution in [-0.2, 0) is 6.54 Å². The van der Waals surface area contributed by atoms with E-state index >= 15 is 0 Å². The van der Waals surface area contributed by atoms with Crippen molar-refractivity contribution >= 4 is 0 Å². The molecular formula is C12H14N2O2. The molecule has 84 valence electrons. The van der Waals surface area contributed by atoms with Crippen LogP contribution in [0.5, 0.6) is 0 Å². The number of fused-ring (bicyclic) bond motifs is 1. The van der Waals surface area contributed by atoms with Crippen LogP contribution in [0, 0.1) is 22.0 Å². The van der Waals surface area contributed by atoms with Gasteiger partial charge in [-0.2, -0.15) is 0 Å². The van der Waals surface area contributed by atoms with E-state index in [1.54, 1.807) is 0 Å². The van der Waals surface area contributed by atoms with Crippen LogP contribution in [0.1, 0.15) is 5.56 Å². The van der Waals surface area contributed by atoms with Crippen molar-refractivity contribution < 1.29 is 4.92 Å². The molecule has 1 saturated heterocycles. The quantitative estimate of drug-likeness (QED) is 0.569. The maximum atomic E-state index is 10.6. The van der Waals surface area contributed by atoms with Crippen LogP contribution >= 0.6 is 0 Å². The van der Waals surface area contributed by atoms with Gasteiger partial charge in [0.2, 0.25) is 6.04 Å². The van der Waals surface area contributed by atoms with Gasteiger partial charge in [0.15, 0.2) is 0 Å². The summed E-state index contributed by atoms with van der Waals surface area (Å²) in [5.74, 6) is 0.637. The summed E-state index contributed by atoms with van der Waals surface area (Å²) in [6, 6.07) is 10.0. The Labute approximate surface area is 94.0 Å². The summed E-state index contributed by atoms with van der Waals surface area (Å²) in [6.45, 7) is 2.72. The predicted octanol–water partition coefficient (Wildman–Crippen LogP) is 1.39. The average Bonchev–Trinajstić information content (AvgIpc) is 2.79. The summed E-state index contributed by atoms with van der Waals surface area (Å²) in [5, 5.41) is 10.6. The van der Waals surface area contributed by atoms with Crippen molar-refractivity contribution in [1.29, 1.82) is 0 Å². The van der Waals surface area contributed by atoms with E-state index in [4.69, 9.17) is 0 Å². The van der Waals surface area contributed by atoms with E-state index in [0.29, 0.717) is 11.8 Å². The molecule has 1 saturated carbocycles. The number of benzene rings is 1. The monoisotopic (exact) mass is 218 g/mol. The number of hydrogen-bond acceptors (Lipinski definition) is 3. The van der Waals surface area contributed by atoms with Crippen molar-refractivity contribution in [2.45, 2.75) is 12.6 Å². The van der Waals surface area contributed by atoms with E-state index in [0.717, 1.165) is 19.6 Å². The van der Waals surface area contributed by atoms with E-state index < -0.39 is 0 Å². The van der Waals surface area contributed by atoms with Gasteiger partial charge < -0.3 is 0 Å². The molecule has 16 heavy (non-hydrogen) atoms. The molecule has 1 aromatic carbocycles. The Kier molecular flexibility index (Phi) is 2.17. The van der Waals surface area contributed by atoms with Crippen LogP contribution in [0.15, 0.2) is 30.3 Å². The molecule has 1 aliphatic carbocycles. The molecule has 4 heteroatoms. The lowest BCUT2D eigenvalue weighted by molar-refractivity contribution is -0.502. The molecule has 1 aromatic rings. The third-order valence-corrected chi connectivity index (χ3v) is 3.72. The highest BCUT2D eigenvalue weighted by Gasteiger charge is 2.64. The lowest BCUT2D eigenvalue weighted by Crippen LogP contribution is -2.27. The van der Waals surface area contributed by atoms with Crippen molar-refractivity contribution in [3.63, 3.8) is 0 Å². The minimum atomic E-state index is -0.243. The predicted molar refractivity (Wildman–Crippen MR) is 59.5 cm³/mol. The van der Waals surface area contributed by atoms with Gasteiger partial charge in [-0.15, -0.1) is 0 Å². The number of rotatable bonds is 3. The summed E-state index contributed by atoms with van der Waals surface area (Å²) in [4.78, 5) is 12.8. The van der Waals surface area contributed by atoms with Crippen molar-refractivity contribution in [2.75, 3.05) is 13.1 Å². The Morgan fingerprint density at radius 3 is 2.44 bits per heavy atom. The Bertz CT molecular complexity index is 395. The summed E-state index contributed by atoms with van der Waals surface area (Å²) in [5.41, 5.74) is 1.29. The van der Waals surface area contributed by atoms with Gasteiger partial charge in [-0.05, 0) is 5.56 Å². The van der Waals surface area contributed by atoms with Gasteiger partial charge in [0.25, 0.3) is 0 Å². The Balaban J connectivity index is 1.57.